The summed E-state index contributed by atoms with van der Waals surface area (Å²) in [6.07, 6.45) is 4.70. The number of carbonyl (C=O) groups is 1. The fourth-order valence-corrected chi connectivity index (χ4v) is 3.90. The Labute approximate surface area is 134 Å². The van der Waals surface area contributed by atoms with E-state index < -0.39 is 5.54 Å². The average Bonchev–Trinajstić information content (AvgIpc) is 2.84. The van der Waals surface area contributed by atoms with Gasteiger partial charge in [0.15, 0.2) is 0 Å². The molecule has 1 saturated carbocycles. The lowest BCUT2D eigenvalue weighted by atomic mass is 9.83. The van der Waals surface area contributed by atoms with E-state index in [9.17, 15) is 10.1 Å². The summed E-state index contributed by atoms with van der Waals surface area (Å²) in [5, 5.41) is 12.3. The Morgan fingerprint density at radius 1 is 1.48 bits per heavy atom. The first-order chi connectivity index (χ1) is 10.0. The molecule has 1 amide bonds. The van der Waals surface area contributed by atoms with Crippen molar-refractivity contribution in [2.45, 2.75) is 44.2 Å². The topological polar surface area (TPSA) is 56.1 Å². The molecule has 0 saturated heterocycles. The molecule has 1 heterocycles. The van der Waals surface area contributed by atoms with Gasteiger partial charge in [0.05, 0.1) is 17.0 Å². The third-order valence-corrected chi connectivity index (χ3v) is 4.98. The molecule has 0 aromatic carbocycles. The quantitative estimate of drug-likeness (QED) is 0.904. The minimum Gasteiger partial charge on any atom is -0.337 e. The molecule has 0 bridgehead atoms. The van der Waals surface area contributed by atoms with Crippen molar-refractivity contribution >= 4 is 28.8 Å². The van der Waals surface area contributed by atoms with E-state index in [1.54, 1.807) is 0 Å². The van der Waals surface area contributed by atoms with E-state index in [4.69, 9.17) is 11.6 Å². The molecule has 1 aliphatic rings. The third-order valence-electron chi connectivity index (χ3n) is 3.77. The number of carbonyl (C=O) groups excluding carboxylic acids is 1. The molecule has 1 fully saturated rings. The van der Waals surface area contributed by atoms with Crippen LogP contribution in [0.3, 0.4) is 0 Å². The Morgan fingerprint density at radius 2 is 2.19 bits per heavy atom. The SMILES string of the molecule is CN(CC(=O)NC1(C#N)CCCCC1)Cc1ccc(Cl)s1. The summed E-state index contributed by atoms with van der Waals surface area (Å²) in [6.45, 7) is 0.976. The number of halogens is 1. The molecule has 0 spiro atoms. The molecule has 21 heavy (non-hydrogen) atoms. The highest BCUT2D eigenvalue weighted by atomic mass is 35.5. The van der Waals surface area contributed by atoms with Gasteiger partial charge in [-0.15, -0.1) is 11.3 Å². The van der Waals surface area contributed by atoms with Gasteiger partial charge in [-0.1, -0.05) is 30.9 Å². The smallest absolute Gasteiger partial charge is 0.235 e. The van der Waals surface area contributed by atoms with Gasteiger partial charge in [-0.05, 0) is 32.0 Å². The standard InChI is InChI=1S/C15H20ClN3OS/c1-19(9-12-5-6-13(16)21-12)10-14(20)18-15(11-17)7-3-2-4-8-15/h5-6H,2-4,7-10H2,1H3,(H,18,20). The van der Waals surface area contributed by atoms with Crippen LogP contribution in [0.5, 0.6) is 0 Å². The predicted molar refractivity (Wildman–Crippen MR) is 85.2 cm³/mol. The third kappa shape index (κ3) is 4.70. The highest BCUT2D eigenvalue weighted by Gasteiger charge is 2.33. The molecule has 0 radical (unpaired) electrons. The zero-order valence-electron chi connectivity index (χ0n) is 12.2. The molecule has 1 aliphatic carbocycles. The normalized spacial score (nSPS) is 17.4. The van der Waals surface area contributed by atoms with Gasteiger partial charge in [0, 0.05) is 11.4 Å². The summed E-state index contributed by atoms with van der Waals surface area (Å²) in [6, 6.07) is 6.14. The Morgan fingerprint density at radius 3 is 2.76 bits per heavy atom. The lowest BCUT2D eigenvalue weighted by Crippen LogP contribution is -2.51. The second kappa shape index (κ2) is 7.26. The van der Waals surface area contributed by atoms with E-state index in [1.807, 2.05) is 24.1 Å². The van der Waals surface area contributed by atoms with Crippen LogP contribution in [0.2, 0.25) is 4.34 Å². The van der Waals surface area contributed by atoms with Crippen molar-refractivity contribution in [3.8, 4) is 6.07 Å². The van der Waals surface area contributed by atoms with Crippen LogP contribution in [0.25, 0.3) is 0 Å². The first-order valence-electron chi connectivity index (χ1n) is 7.18. The van der Waals surface area contributed by atoms with E-state index >= 15 is 0 Å². The van der Waals surface area contributed by atoms with E-state index in [-0.39, 0.29) is 5.91 Å². The van der Waals surface area contributed by atoms with Crippen molar-refractivity contribution in [3.63, 3.8) is 0 Å². The van der Waals surface area contributed by atoms with Gasteiger partial charge in [0.2, 0.25) is 5.91 Å². The number of amides is 1. The fourth-order valence-electron chi connectivity index (χ4n) is 2.73. The van der Waals surface area contributed by atoms with Gasteiger partial charge < -0.3 is 5.32 Å². The molecule has 0 unspecified atom stereocenters. The number of nitrogens with zero attached hydrogens (tertiary/aromatic N) is 2. The minimum absolute atomic E-state index is 0.0800. The predicted octanol–water partition coefficient (Wildman–Crippen LogP) is 3.18. The summed E-state index contributed by atoms with van der Waals surface area (Å²) in [5.41, 5.74) is -0.650. The minimum atomic E-state index is -0.650. The first kappa shape index (κ1) is 16.3. The van der Waals surface area contributed by atoms with Crippen LogP contribution in [-0.4, -0.2) is 29.9 Å². The lowest BCUT2D eigenvalue weighted by molar-refractivity contribution is -0.123. The molecule has 0 atom stereocenters. The molecular formula is C15H20ClN3OS. The number of thiophene rings is 1. The van der Waals surface area contributed by atoms with E-state index in [1.165, 1.54) is 11.3 Å². The molecule has 1 aromatic rings. The number of nitrogens with one attached hydrogen (secondary N) is 1. The molecule has 0 aliphatic heterocycles. The molecule has 6 heteroatoms. The summed E-state index contributed by atoms with van der Waals surface area (Å²) in [5.74, 6) is -0.0800. The van der Waals surface area contributed by atoms with E-state index in [0.717, 1.165) is 41.3 Å². The molecule has 1 aromatic heterocycles. The molecule has 114 valence electrons. The maximum atomic E-state index is 12.2. The highest BCUT2D eigenvalue weighted by molar-refractivity contribution is 7.16. The van der Waals surface area contributed by atoms with Crippen LogP contribution in [0, 0.1) is 11.3 Å². The van der Waals surface area contributed by atoms with Crippen molar-refractivity contribution in [1.82, 2.24) is 10.2 Å². The summed E-state index contributed by atoms with van der Waals surface area (Å²) >= 11 is 7.42. The maximum absolute atomic E-state index is 12.2. The number of likely N-dealkylation sites (N-methyl/N-ethyl adjacent to an activating group) is 1. The van der Waals surface area contributed by atoms with Crippen LogP contribution in [0.15, 0.2) is 12.1 Å². The Balaban J connectivity index is 1.84. The molecule has 4 nitrogen and oxygen atoms in total. The summed E-state index contributed by atoms with van der Waals surface area (Å²) in [7, 11) is 1.90. The molecule has 2 rings (SSSR count). The second-order valence-electron chi connectivity index (χ2n) is 5.68. The largest absolute Gasteiger partial charge is 0.337 e. The van der Waals surface area contributed by atoms with Gasteiger partial charge in [0.1, 0.15) is 5.54 Å². The summed E-state index contributed by atoms with van der Waals surface area (Å²) < 4.78 is 0.758. The van der Waals surface area contributed by atoms with E-state index in [0.29, 0.717) is 13.1 Å². The van der Waals surface area contributed by atoms with Crippen LogP contribution in [-0.2, 0) is 11.3 Å². The van der Waals surface area contributed by atoms with Crippen LogP contribution >= 0.6 is 22.9 Å². The van der Waals surface area contributed by atoms with Gasteiger partial charge in [-0.3, -0.25) is 9.69 Å². The van der Waals surface area contributed by atoms with Crippen molar-refractivity contribution < 1.29 is 4.79 Å². The van der Waals surface area contributed by atoms with Crippen molar-refractivity contribution in [2.75, 3.05) is 13.6 Å². The number of hydrogen-bond donors (Lipinski definition) is 1. The van der Waals surface area contributed by atoms with Crippen LogP contribution in [0.1, 0.15) is 37.0 Å². The average molecular weight is 326 g/mol. The van der Waals surface area contributed by atoms with Crippen LogP contribution in [0.4, 0.5) is 0 Å². The molecular weight excluding hydrogens is 306 g/mol. The molecule has 1 N–H and O–H groups in total. The van der Waals surface area contributed by atoms with Crippen molar-refractivity contribution in [1.29, 1.82) is 5.26 Å². The van der Waals surface area contributed by atoms with Crippen molar-refractivity contribution in [3.05, 3.63) is 21.3 Å². The zero-order chi connectivity index (χ0) is 15.3. The Hall–Kier alpha value is -1.09. The van der Waals surface area contributed by atoms with Gasteiger partial charge >= 0.3 is 0 Å². The zero-order valence-corrected chi connectivity index (χ0v) is 13.8. The van der Waals surface area contributed by atoms with Crippen molar-refractivity contribution in [2.24, 2.45) is 0 Å². The Kier molecular flexibility index (Phi) is 5.63. The van der Waals surface area contributed by atoms with Gasteiger partial charge in [0.25, 0.3) is 0 Å². The van der Waals surface area contributed by atoms with Crippen LogP contribution < -0.4 is 5.32 Å². The number of rotatable bonds is 5. The number of hydrogen-bond acceptors (Lipinski definition) is 4. The lowest BCUT2D eigenvalue weighted by Gasteiger charge is -2.32. The second-order valence-corrected chi connectivity index (χ2v) is 7.48. The maximum Gasteiger partial charge on any atom is 0.235 e. The fraction of sp³-hybridized carbons (Fsp3) is 0.600. The monoisotopic (exact) mass is 325 g/mol. The van der Waals surface area contributed by atoms with E-state index in [2.05, 4.69) is 11.4 Å². The summed E-state index contributed by atoms with van der Waals surface area (Å²) in [4.78, 5) is 15.2. The number of nitriles is 1. The Bertz CT molecular complexity index is 531. The first-order valence-corrected chi connectivity index (χ1v) is 8.37. The van der Waals surface area contributed by atoms with Gasteiger partial charge in [-0.2, -0.15) is 5.26 Å². The highest BCUT2D eigenvalue weighted by Crippen LogP contribution is 2.27. The van der Waals surface area contributed by atoms with Gasteiger partial charge in [-0.25, -0.2) is 0 Å².